The van der Waals surface area contributed by atoms with Gasteiger partial charge in [0.2, 0.25) is 17.7 Å². The average molecular weight is 863 g/mol. The van der Waals surface area contributed by atoms with E-state index in [4.69, 9.17) is 25.1 Å². The quantitative estimate of drug-likeness (QED) is 0.0642. The third-order valence-corrected chi connectivity index (χ3v) is 10.9. The van der Waals surface area contributed by atoms with Gasteiger partial charge in [0, 0.05) is 61.2 Å². The molecule has 3 aliphatic rings. The lowest BCUT2D eigenvalue weighted by Gasteiger charge is -2.27. The predicted molar refractivity (Wildman–Crippen MR) is 218 cm³/mol. The van der Waals surface area contributed by atoms with Crippen molar-refractivity contribution in [3.63, 3.8) is 0 Å². The van der Waals surface area contributed by atoms with E-state index in [-0.39, 0.29) is 67.0 Å². The molecule has 0 bridgehead atoms. The first kappa shape index (κ1) is 44.6. The number of rotatable bonds is 14. The van der Waals surface area contributed by atoms with Crippen molar-refractivity contribution in [1.82, 2.24) is 25.1 Å². The lowest BCUT2D eigenvalue weighted by molar-refractivity contribution is -0.138. The highest BCUT2D eigenvalue weighted by Crippen LogP contribution is 2.47. The minimum Gasteiger partial charge on any atom is -0.493 e. The van der Waals surface area contributed by atoms with Gasteiger partial charge in [0.25, 0.3) is 18.3 Å². The molecule has 2 fully saturated rings. The third-order valence-electron chi connectivity index (χ3n) is 10.9. The molecule has 328 valence electrons. The number of nitrogens with two attached hydrogens (primary N) is 1. The van der Waals surface area contributed by atoms with Gasteiger partial charge in [-0.25, -0.2) is 9.97 Å². The Labute approximate surface area is 353 Å². The van der Waals surface area contributed by atoms with E-state index in [1.165, 1.54) is 19.2 Å². The highest BCUT2D eigenvalue weighted by molar-refractivity contribution is 6.25. The number of fused-ring (bicyclic) bond motifs is 2. The van der Waals surface area contributed by atoms with Gasteiger partial charge in [0.15, 0.2) is 11.5 Å². The Morgan fingerprint density at radius 2 is 1.84 bits per heavy atom. The molecule has 17 nitrogen and oxygen atoms in total. The van der Waals surface area contributed by atoms with Gasteiger partial charge in [-0.3, -0.25) is 39.0 Å². The molecule has 2 aliphatic heterocycles. The first-order chi connectivity index (χ1) is 29.4. The number of aromatic nitrogens is 2. The van der Waals surface area contributed by atoms with Crippen LogP contribution in [0, 0.1) is 12.3 Å². The van der Waals surface area contributed by atoms with Gasteiger partial charge in [-0.2, -0.15) is 13.2 Å². The zero-order chi connectivity index (χ0) is 45.1. The smallest absolute Gasteiger partial charge is 0.416 e. The Morgan fingerprint density at radius 1 is 1.11 bits per heavy atom. The van der Waals surface area contributed by atoms with Crippen molar-refractivity contribution >= 4 is 64.1 Å². The fraction of sp³-hybridized carbons (Fsp3) is 0.381. The molecule has 62 heavy (non-hydrogen) atoms. The Kier molecular flexibility index (Phi) is 12.9. The molecule has 1 aliphatic carbocycles. The molecule has 4 aromatic rings. The summed E-state index contributed by atoms with van der Waals surface area (Å²) < 4.78 is 52.6. The highest BCUT2D eigenvalue weighted by atomic mass is 19.4. The van der Waals surface area contributed by atoms with Crippen LogP contribution >= 0.6 is 0 Å². The number of aryl methyl sites for hydroxylation is 1. The van der Waals surface area contributed by atoms with E-state index < -0.39 is 47.5 Å². The Bertz CT molecular complexity index is 2440. The molecule has 1 unspecified atom stereocenters. The summed E-state index contributed by atoms with van der Waals surface area (Å²) in [4.78, 5) is 84.0. The number of nitrogen functional groups attached to an aromatic ring is 1. The van der Waals surface area contributed by atoms with Crippen molar-refractivity contribution in [2.75, 3.05) is 50.2 Å². The van der Waals surface area contributed by atoms with Crippen LogP contribution in [0.25, 0.3) is 10.9 Å². The number of carbonyl (C=O) groups is 6. The minimum absolute atomic E-state index is 0.0110. The highest BCUT2D eigenvalue weighted by Gasteiger charge is 2.47. The maximum absolute atomic E-state index is 13.5. The molecule has 1 saturated heterocycles. The number of ether oxygens (including phenoxy) is 2. The monoisotopic (exact) mass is 862 g/mol. The van der Waals surface area contributed by atoms with Crippen LogP contribution in [0.3, 0.4) is 0 Å². The zero-order valence-corrected chi connectivity index (χ0v) is 34.2. The lowest BCUT2D eigenvalue weighted by atomic mass is 10.0. The summed E-state index contributed by atoms with van der Waals surface area (Å²) in [6.07, 6.45) is -2.82. The lowest BCUT2D eigenvalue weighted by Crippen LogP contribution is -2.54. The second-order valence-corrected chi connectivity index (χ2v) is 15.4. The molecule has 3 heterocycles. The van der Waals surface area contributed by atoms with Gasteiger partial charge in [0.05, 0.1) is 42.0 Å². The molecule has 0 spiro atoms. The maximum atomic E-state index is 13.5. The predicted octanol–water partition coefficient (Wildman–Crippen LogP) is 4.94. The summed E-state index contributed by atoms with van der Waals surface area (Å²) in [5.41, 5.74) is 6.10. The van der Waals surface area contributed by atoms with E-state index in [1.54, 1.807) is 50.1 Å². The standard InChI is InChI=1S/C41H43F3N8O7.CH2O2/c1-21(23-14-24(41(42,43)44)16-25(45)15-23)47-36-27-17-32(31(58-4)18-29(27)48-22(2)49-36)59-20-40(11-12-40)19-51(3)34(54)10-13-46-28-7-5-6-26-35(28)39(57)52(38(26)56)30-8-9-33(53)50-37(30)55;2-1-3/h5-7,14-18,21,30,46H,8-13,19-20,45H2,1-4H3,(H,47,48,49)(H,50,53,55);1H,(H,2,3)/t21-,30?;/m1./s1. The Hall–Kier alpha value is -6.99. The minimum atomic E-state index is -4.56. The summed E-state index contributed by atoms with van der Waals surface area (Å²) in [7, 11) is 3.21. The van der Waals surface area contributed by atoms with Crippen LogP contribution in [0.5, 0.6) is 11.5 Å². The van der Waals surface area contributed by atoms with Gasteiger partial charge in [-0.05, 0) is 75.1 Å². The molecule has 1 aromatic heterocycles. The number of halogens is 3. The molecule has 6 N–H and O–H groups in total. The largest absolute Gasteiger partial charge is 0.493 e. The number of benzene rings is 3. The van der Waals surface area contributed by atoms with Gasteiger partial charge in [0.1, 0.15) is 17.7 Å². The van der Waals surface area contributed by atoms with Crippen molar-refractivity contribution in [3.8, 4) is 11.5 Å². The van der Waals surface area contributed by atoms with Gasteiger partial charge in [-0.1, -0.05) is 6.07 Å². The van der Waals surface area contributed by atoms with Crippen LogP contribution in [0.2, 0.25) is 0 Å². The average Bonchev–Trinajstić information content (AvgIpc) is 3.93. The van der Waals surface area contributed by atoms with Crippen LogP contribution in [0.1, 0.15) is 82.7 Å². The van der Waals surface area contributed by atoms with Crippen LogP contribution < -0.4 is 31.2 Å². The van der Waals surface area contributed by atoms with Gasteiger partial charge >= 0.3 is 6.18 Å². The first-order valence-corrected chi connectivity index (χ1v) is 19.5. The number of nitrogens with one attached hydrogen (secondary N) is 3. The Morgan fingerprint density at radius 3 is 2.50 bits per heavy atom. The normalized spacial score (nSPS) is 17.0. The van der Waals surface area contributed by atoms with E-state index in [0.717, 1.165) is 29.9 Å². The molecule has 7 rings (SSSR count). The number of carboxylic acid groups (broad SMARTS) is 1. The molecular weight excluding hydrogens is 818 g/mol. The molecule has 0 radical (unpaired) electrons. The summed E-state index contributed by atoms with van der Waals surface area (Å²) in [5, 5.41) is 16.0. The van der Waals surface area contributed by atoms with E-state index in [2.05, 4.69) is 25.9 Å². The molecule has 20 heteroatoms. The van der Waals surface area contributed by atoms with Crippen molar-refractivity contribution < 1.29 is 56.5 Å². The number of nitrogens with zero attached hydrogens (tertiary/aromatic N) is 4. The molecule has 2 atom stereocenters. The van der Waals surface area contributed by atoms with Crippen LogP contribution in [0.15, 0.2) is 48.5 Å². The van der Waals surface area contributed by atoms with Crippen LogP contribution in [0.4, 0.5) is 30.4 Å². The van der Waals surface area contributed by atoms with Crippen LogP contribution in [-0.2, 0) is 25.4 Å². The zero-order valence-electron chi connectivity index (χ0n) is 34.2. The summed E-state index contributed by atoms with van der Waals surface area (Å²) in [6, 6.07) is 9.89. The fourth-order valence-corrected chi connectivity index (χ4v) is 7.52. The summed E-state index contributed by atoms with van der Waals surface area (Å²) >= 11 is 0. The van der Waals surface area contributed by atoms with Crippen LogP contribution in [-0.4, -0.2) is 101 Å². The van der Waals surface area contributed by atoms with E-state index in [0.29, 0.717) is 51.8 Å². The number of amides is 5. The van der Waals surface area contributed by atoms with E-state index in [9.17, 15) is 37.1 Å². The second-order valence-electron chi connectivity index (χ2n) is 15.4. The number of alkyl halides is 3. The number of imide groups is 2. The topological polar surface area (TPSA) is 235 Å². The SMILES string of the molecule is COc1cc2nc(C)nc(N[C@H](C)c3cc(N)cc(C(F)(F)F)c3)c2cc1OCC1(CN(C)C(=O)CCNc2cccc3c2C(=O)N(C2CCC(=O)NC2=O)C3=O)CC1.O=CO. The van der Waals surface area contributed by atoms with Crippen molar-refractivity contribution in [3.05, 3.63) is 76.6 Å². The van der Waals surface area contributed by atoms with Crippen molar-refractivity contribution in [2.45, 2.75) is 64.2 Å². The summed E-state index contributed by atoms with van der Waals surface area (Å²) in [5.74, 6) is -0.953. The number of hydrogen-bond acceptors (Lipinski definition) is 13. The van der Waals surface area contributed by atoms with E-state index in [1.807, 2.05) is 0 Å². The molecule has 1 saturated carbocycles. The summed E-state index contributed by atoms with van der Waals surface area (Å²) in [6.45, 7) is 3.99. The van der Waals surface area contributed by atoms with E-state index >= 15 is 0 Å². The van der Waals surface area contributed by atoms with Gasteiger partial charge in [-0.15, -0.1) is 0 Å². The number of carbonyl (C=O) groups excluding carboxylic acids is 5. The van der Waals surface area contributed by atoms with Gasteiger partial charge < -0.3 is 35.8 Å². The Balaban J connectivity index is 0.00000208. The third kappa shape index (κ3) is 9.63. The number of piperidine rings is 1. The second kappa shape index (κ2) is 17.9. The molecule has 3 aromatic carbocycles. The molecular formula is C42H45F3N8O9. The number of hydrogen-bond donors (Lipinski definition) is 5. The fourth-order valence-electron chi connectivity index (χ4n) is 7.52. The number of anilines is 3. The first-order valence-electron chi connectivity index (χ1n) is 19.5. The van der Waals surface area contributed by atoms with Crippen molar-refractivity contribution in [1.29, 1.82) is 0 Å². The maximum Gasteiger partial charge on any atom is 0.416 e. The number of methoxy groups -OCH3 is 1. The molecule has 5 amide bonds. The van der Waals surface area contributed by atoms with Crippen molar-refractivity contribution in [2.24, 2.45) is 5.41 Å².